The number of nitrogens with zero attached hydrogens (tertiary/aromatic N) is 2. The molecule has 3 rings (SSSR count). The molecule has 1 N–H and O–H groups in total. The van der Waals surface area contributed by atoms with Gasteiger partial charge in [0.1, 0.15) is 0 Å². The summed E-state index contributed by atoms with van der Waals surface area (Å²) < 4.78 is 2.33. The van der Waals surface area contributed by atoms with Gasteiger partial charge in [0.2, 0.25) is 5.95 Å². The second-order valence-corrected chi connectivity index (χ2v) is 6.13. The summed E-state index contributed by atoms with van der Waals surface area (Å²) in [5.41, 5.74) is 2.75. The van der Waals surface area contributed by atoms with E-state index >= 15 is 0 Å². The SMILES string of the molecule is Cc1cscc1CNc1nccn1C1CCCCC1. The fourth-order valence-corrected chi connectivity index (χ4v) is 3.70. The predicted octanol–water partition coefficient (Wildman–Crippen LogP) is 4.37. The standard InChI is InChI=1S/C15H21N3S/c1-12-10-19-11-13(12)9-17-15-16-7-8-18(15)14-5-3-2-4-6-14/h7-8,10-11,14H,2-6,9H2,1H3,(H,16,17). The number of hydrogen-bond acceptors (Lipinski definition) is 3. The van der Waals surface area contributed by atoms with E-state index in [1.165, 1.54) is 43.2 Å². The Morgan fingerprint density at radius 1 is 1.32 bits per heavy atom. The van der Waals surface area contributed by atoms with E-state index in [1.54, 1.807) is 11.3 Å². The largest absolute Gasteiger partial charge is 0.352 e. The molecule has 2 aromatic heterocycles. The lowest BCUT2D eigenvalue weighted by Gasteiger charge is -2.24. The van der Waals surface area contributed by atoms with Gasteiger partial charge in [-0.05, 0) is 41.7 Å². The molecule has 0 unspecified atom stereocenters. The monoisotopic (exact) mass is 275 g/mol. The van der Waals surface area contributed by atoms with Crippen LogP contribution in [0.4, 0.5) is 5.95 Å². The van der Waals surface area contributed by atoms with E-state index in [0.717, 1.165) is 12.5 Å². The molecule has 1 aliphatic carbocycles. The first-order valence-corrected chi connectivity index (χ1v) is 8.07. The second kappa shape index (κ2) is 5.78. The molecule has 1 fully saturated rings. The van der Waals surface area contributed by atoms with Gasteiger partial charge in [-0.2, -0.15) is 11.3 Å². The molecule has 0 amide bonds. The molecule has 19 heavy (non-hydrogen) atoms. The Labute approximate surface area is 118 Å². The lowest BCUT2D eigenvalue weighted by molar-refractivity contribution is 0.356. The van der Waals surface area contributed by atoms with Crippen molar-refractivity contribution >= 4 is 17.3 Å². The van der Waals surface area contributed by atoms with E-state index in [2.05, 4.69) is 38.7 Å². The van der Waals surface area contributed by atoms with E-state index in [4.69, 9.17) is 0 Å². The molecule has 0 saturated heterocycles. The van der Waals surface area contributed by atoms with Gasteiger partial charge in [0.05, 0.1) is 0 Å². The molecule has 0 atom stereocenters. The van der Waals surface area contributed by atoms with Gasteiger partial charge in [0.15, 0.2) is 0 Å². The lowest BCUT2D eigenvalue weighted by atomic mass is 9.95. The van der Waals surface area contributed by atoms with Crippen LogP contribution in [0, 0.1) is 6.92 Å². The smallest absolute Gasteiger partial charge is 0.203 e. The summed E-state index contributed by atoms with van der Waals surface area (Å²) >= 11 is 1.77. The first kappa shape index (κ1) is 12.7. The third kappa shape index (κ3) is 2.84. The number of nitrogens with one attached hydrogen (secondary N) is 1. The topological polar surface area (TPSA) is 29.9 Å². The number of thiophene rings is 1. The van der Waals surface area contributed by atoms with Crippen molar-refractivity contribution in [2.45, 2.75) is 51.6 Å². The van der Waals surface area contributed by atoms with E-state index in [0.29, 0.717) is 6.04 Å². The van der Waals surface area contributed by atoms with Crippen molar-refractivity contribution in [3.63, 3.8) is 0 Å². The number of aryl methyl sites for hydroxylation is 1. The highest BCUT2D eigenvalue weighted by molar-refractivity contribution is 7.08. The molecule has 4 heteroatoms. The van der Waals surface area contributed by atoms with Crippen LogP contribution in [0.1, 0.15) is 49.3 Å². The maximum Gasteiger partial charge on any atom is 0.203 e. The van der Waals surface area contributed by atoms with E-state index in [9.17, 15) is 0 Å². The third-order valence-corrected chi connectivity index (χ3v) is 4.95. The summed E-state index contributed by atoms with van der Waals surface area (Å²) in [4.78, 5) is 4.48. The van der Waals surface area contributed by atoms with Crippen molar-refractivity contribution in [2.75, 3.05) is 5.32 Å². The Hall–Kier alpha value is -1.29. The molecule has 3 nitrogen and oxygen atoms in total. The molecule has 1 saturated carbocycles. The molecule has 0 aromatic carbocycles. The minimum Gasteiger partial charge on any atom is -0.352 e. The third-order valence-electron chi connectivity index (χ3n) is 4.04. The highest BCUT2D eigenvalue weighted by Crippen LogP contribution is 2.30. The molecule has 2 aromatic rings. The van der Waals surface area contributed by atoms with Crippen LogP contribution in [0.2, 0.25) is 0 Å². The predicted molar refractivity (Wildman–Crippen MR) is 80.7 cm³/mol. The van der Waals surface area contributed by atoms with E-state index < -0.39 is 0 Å². The van der Waals surface area contributed by atoms with Crippen molar-refractivity contribution in [1.29, 1.82) is 0 Å². The van der Waals surface area contributed by atoms with Gasteiger partial charge in [-0.25, -0.2) is 4.98 Å². The molecule has 0 spiro atoms. The molecular formula is C15H21N3S. The average molecular weight is 275 g/mol. The number of imidazole rings is 1. The zero-order valence-corrected chi connectivity index (χ0v) is 12.2. The van der Waals surface area contributed by atoms with Gasteiger partial charge < -0.3 is 9.88 Å². The zero-order chi connectivity index (χ0) is 13.1. The Kier molecular flexibility index (Phi) is 3.87. The van der Waals surface area contributed by atoms with Crippen molar-refractivity contribution in [3.05, 3.63) is 34.3 Å². The van der Waals surface area contributed by atoms with Crippen molar-refractivity contribution in [3.8, 4) is 0 Å². The van der Waals surface area contributed by atoms with E-state index in [-0.39, 0.29) is 0 Å². The maximum atomic E-state index is 4.48. The van der Waals surface area contributed by atoms with Crippen LogP contribution in [0.3, 0.4) is 0 Å². The summed E-state index contributed by atoms with van der Waals surface area (Å²) in [5.74, 6) is 1.03. The van der Waals surface area contributed by atoms with Gasteiger partial charge in [0.25, 0.3) is 0 Å². The number of aromatic nitrogens is 2. The molecule has 1 aliphatic rings. The number of rotatable bonds is 4. The minimum absolute atomic E-state index is 0.641. The van der Waals surface area contributed by atoms with Gasteiger partial charge >= 0.3 is 0 Å². The summed E-state index contributed by atoms with van der Waals surface area (Å²) in [6.45, 7) is 3.04. The Balaban J connectivity index is 1.68. The van der Waals surface area contributed by atoms with Gasteiger partial charge in [-0.15, -0.1) is 0 Å². The fourth-order valence-electron chi connectivity index (χ4n) is 2.85. The van der Waals surface area contributed by atoms with E-state index in [1.807, 2.05) is 6.20 Å². The Morgan fingerprint density at radius 2 is 2.16 bits per heavy atom. The normalized spacial score (nSPS) is 16.7. The maximum absolute atomic E-state index is 4.48. The molecule has 0 aliphatic heterocycles. The first-order valence-electron chi connectivity index (χ1n) is 7.13. The van der Waals surface area contributed by atoms with Crippen LogP contribution >= 0.6 is 11.3 Å². The second-order valence-electron chi connectivity index (χ2n) is 5.38. The average Bonchev–Trinajstić information content (AvgIpc) is 3.06. The molecule has 0 radical (unpaired) electrons. The molecule has 0 bridgehead atoms. The van der Waals surface area contributed by atoms with Crippen molar-refractivity contribution in [2.24, 2.45) is 0 Å². The van der Waals surface area contributed by atoms with Crippen LogP contribution in [0.5, 0.6) is 0 Å². The summed E-state index contributed by atoms with van der Waals surface area (Å²) in [6.07, 6.45) is 10.7. The zero-order valence-electron chi connectivity index (χ0n) is 11.4. The quantitative estimate of drug-likeness (QED) is 0.898. The van der Waals surface area contributed by atoms with Crippen molar-refractivity contribution in [1.82, 2.24) is 9.55 Å². The molecule has 102 valence electrons. The van der Waals surface area contributed by atoms with Gasteiger partial charge in [-0.3, -0.25) is 0 Å². The Bertz CT molecular complexity index is 523. The highest BCUT2D eigenvalue weighted by Gasteiger charge is 2.17. The van der Waals surface area contributed by atoms with Crippen LogP contribution < -0.4 is 5.32 Å². The minimum atomic E-state index is 0.641. The van der Waals surface area contributed by atoms with Gasteiger partial charge in [0, 0.05) is 25.0 Å². The summed E-state index contributed by atoms with van der Waals surface area (Å²) in [5, 5.41) is 7.91. The van der Waals surface area contributed by atoms with Crippen LogP contribution in [0.15, 0.2) is 23.2 Å². The number of hydrogen-bond donors (Lipinski definition) is 1. The first-order chi connectivity index (χ1) is 9.34. The summed E-state index contributed by atoms with van der Waals surface area (Å²) in [7, 11) is 0. The van der Waals surface area contributed by atoms with Crippen LogP contribution in [-0.2, 0) is 6.54 Å². The van der Waals surface area contributed by atoms with Gasteiger partial charge in [-0.1, -0.05) is 19.3 Å². The number of anilines is 1. The lowest BCUT2D eigenvalue weighted by Crippen LogP contribution is -2.15. The van der Waals surface area contributed by atoms with Crippen molar-refractivity contribution < 1.29 is 0 Å². The fraction of sp³-hybridized carbons (Fsp3) is 0.533. The molecular weight excluding hydrogens is 254 g/mol. The Morgan fingerprint density at radius 3 is 2.89 bits per heavy atom. The van der Waals surface area contributed by atoms with Crippen LogP contribution in [-0.4, -0.2) is 9.55 Å². The highest BCUT2D eigenvalue weighted by atomic mass is 32.1. The molecule has 2 heterocycles. The van der Waals surface area contributed by atoms with Crippen LogP contribution in [0.25, 0.3) is 0 Å². The summed E-state index contributed by atoms with van der Waals surface area (Å²) in [6, 6.07) is 0.641.